The number of ketones is 1. The van der Waals surface area contributed by atoms with Gasteiger partial charge in [0.1, 0.15) is 5.78 Å². The maximum absolute atomic E-state index is 11.2. The number of aliphatic hydroxyl groups is 1. The Bertz CT molecular complexity index is 205. The Morgan fingerprint density at radius 2 is 1.79 bits per heavy atom. The van der Waals surface area contributed by atoms with E-state index in [4.69, 9.17) is 9.84 Å². The number of hydrogen-bond donors (Lipinski definition) is 1. The maximum Gasteiger partial charge on any atom is 0.132 e. The predicted octanol–water partition coefficient (Wildman–Crippen LogP) is 3.87. The van der Waals surface area contributed by atoms with Gasteiger partial charge in [-0.1, -0.05) is 26.2 Å². The smallest absolute Gasteiger partial charge is 0.132 e. The van der Waals surface area contributed by atoms with Crippen LogP contribution in [-0.4, -0.2) is 29.7 Å². The van der Waals surface area contributed by atoms with Gasteiger partial charge in [-0.15, -0.1) is 0 Å². The van der Waals surface area contributed by atoms with E-state index < -0.39 is 0 Å². The lowest BCUT2D eigenvalue weighted by Gasteiger charge is -2.21. The fourth-order valence-corrected chi connectivity index (χ4v) is 2.15. The molecule has 0 bridgehead atoms. The molecule has 0 spiro atoms. The van der Waals surface area contributed by atoms with Crippen molar-refractivity contribution >= 4 is 5.78 Å². The van der Waals surface area contributed by atoms with Gasteiger partial charge in [-0.3, -0.25) is 4.79 Å². The number of carbonyl (C=O) groups is 1. The Morgan fingerprint density at radius 3 is 2.32 bits per heavy atom. The summed E-state index contributed by atoms with van der Waals surface area (Å²) in [4.78, 5) is 11.2. The third kappa shape index (κ3) is 13.8. The monoisotopic (exact) mass is 272 g/mol. The van der Waals surface area contributed by atoms with E-state index in [0.29, 0.717) is 18.3 Å². The quantitative estimate of drug-likeness (QED) is 0.716. The molecule has 0 amide bonds. The predicted molar refractivity (Wildman–Crippen MR) is 79.3 cm³/mol. The number of hydrogen-bond acceptors (Lipinski definition) is 3. The van der Waals surface area contributed by atoms with Gasteiger partial charge < -0.3 is 9.84 Å². The lowest BCUT2D eigenvalue weighted by molar-refractivity contribution is -0.119. The van der Waals surface area contributed by atoms with Crippen LogP contribution in [0.4, 0.5) is 0 Å². The Labute approximate surface area is 118 Å². The summed E-state index contributed by atoms with van der Waals surface area (Å²) in [5.74, 6) is 0.393. The number of ether oxygens (including phenoxy) is 1. The summed E-state index contributed by atoms with van der Waals surface area (Å²) in [5.41, 5.74) is 0. The lowest BCUT2D eigenvalue weighted by Crippen LogP contribution is -2.17. The van der Waals surface area contributed by atoms with Crippen LogP contribution in [0.25, 0.3) is 0 Å². The van der Waals surface area contributed by atoms with Crippen molar-refractivity contribution in [3.05, 3.63) is 0 Å². The Balaban J connectivity index is 0.000000711. The molecule has 19 heavy (non-hydrogen) atoms. The van der Waals surface area contributed by atoms with Crippen molar-refractivity contribution in [2.75, 3.05) is 6.61 Å². The maximum atomic E-state index is 11.2. The standard InChI is InChI=1S/C13H24O2.C3H8O/c1-2-7-12(14)8-6-11-15-13-9-4-3-5-10-13;1-3(2)4/h13H,2-11H2,1H3;3-4H,1-2H3. The van der Waals surface area contributed by atoms with Crippen LogP contribution >= 0.6 is 0 Å². The number of aliphatic hydroxyl groups excluding tert-OH is 1. The van der Waals surface area contributed by atoms with E-state index in [1.807, 2.05) is 0 Å². The van der Waals surface area contributed by atoms with Gasteiger partial charge in [0.05, 0.1) is 6.10 Å². The highest BCUT2D eigenvalue weighted by molar-refractivity contribution is 5.78. The molecule has 0 radical (unpaired) electrons. The third-order valence-electron chi connectivity index (χ3n) is 3.03. The zero-order valence-corrected chi connectivity index (χ0v) is 13.0. The van der Waals surface area contributed by atoms with Crippen molar-refractivity contribution < 1.29 is 14.6 Å². The molecule has 1 rings (SSSR count). The van der Waals surface area contributed by atoms with E-state index in [0.717, 1.165) is 25.9 Å². The van der Waals surface area contributed by atoms with Gasteiger partial charge in [0.15, 0.2) is 0 Å². The van der Waals surface area contributed by atoms with Crippen LogP contribution in [0.1, 0.15) is 78.6 Å². The molecular formula is C16H32O3. The van der Waals surface area contributed by atoms with Crippen molar-refractivity contribution in [2.24, 2.45) is 0 Å². The van der Waals surface area contributed by atoms with Crippen LogP contribution < -0.4 is 0 Å². The molecule has 0 heterocycles. The van der Waals surface area contributed by atoms with E-state index in [1.54, 1.807) is 13.8 Å². The molecule has 0 aromatic carbocycles. The van der Waals surface area contributed by atoms with Gasteiger partial charge in [0.2, 0.25) is 0 Å². The zero-order valence-electron chi connectivity index (χ0n) is 13.0. The van der Waals surface area contributed by atoms with Crippen LogP contribution in [0.2, 0.25) is 0 Å². The highest BCUT2D eigenvalue weighted by atomic mass is 16.5. The molecule has 1 N–H and O–H groups in total. The molecule has 0 unspecified atom stereocenters. The third-order valence-corrected chi connectivity index (χ3v) is 3.03. The molecule has 1 aliphatic rings. The van der Waals surface area contributed by atoms with E-state index >= 15 is 0 Å². The Morgan fingerprint density at radius 1 is 1.21 bits per heavy atom. The first-order valence-electron chi connectivity index (χ1n) is 7.87. The molecule has 3 nitrogen and oxygen atoms in total. The van der Waals surface area contributed by atoms with Crippen LogP contribution in [0.3, 0.4) is 0 Å². The first-order chi connectivity index (χ1) is 9.06. The van der Waals surface area contributed by atoms with E-state index in [9.17, 15) is 4.79 Å². The molecule has 0 aliphatic heterocycles. The summed E-state index contributed by atoms with van der Waals surface area (Å²) in [6.45, 7) is 6.27. The minimum Gasteiger partial charge on any atom is -0.394 e. The highest BCUT2D eigenvalue weighted by Gasteiger charge is 2.13. The van der Waals surface area contributed by atoms with Crippen molar-refractivity contribution in [1.82, 2.24) is 0 Å². The minimum absolute atomic E-state index is 0.167. The zero-order chi connectivity index (χ0) is 14.5. The lowest BCUT2D eigenvalue weighted by atomic mass is 9.98. The van der Waals surface area contributed by atoms with Crippen molar-refractivity contribution in [3.63, 3.8) is 0 Å². The van der Waals surface area contributed by atoms with E-state index in [-0.39, 0.29) is 6.10 Å². The van der Waals surface area contributed by atoms with Crippen LogP contribution in [0, 0.1) is 0 Å². The van der Waals surface area contributed by atoms with Crippen molar-refractivity contribution in [2.45, 2.75) is 90.8 Å². The average Bonchev–Trinajstić information content (AvgIpc) is 2.36. The largest absolute Gasteiger partial charge is 0.394 e. The molecule has 0 atom stereocenters. The second kappa shape index (κ2) is 12.6. The summed E-state index contributed by atoms with van der Waals surface area (Å²) in [7, 11) is 0. The SMILES string of the molecule is CC(C)O.CCCC(=O)CCCOC1CCCCC1. The fraction of sp³-hybridized carbons (Fsp3) is 0.938. The summed E-state index contributed by atoms with van der Waals surface area (Å²) in [6, 6.07) is 0. The van der Waals surface area contributed by atoms with Crippen molar-refractivity contribution in [1.29, 1.82) is 0 Å². The van der Waals surface area contributed by atoms with Gasteiger partial charge in [-0.2, -0.15) is 0 Å². The number of carbonyl (C=O) groups excluding carboxylic acids is 1. The van der Waals surface area contributed by atoms with Gasteiger partial charge in [-0.25, -0.2) is 0 Å². The van der Waals surface area contributed by atoms with Gasteiger partial charge >= 0.3 is 0 Å². The highest BCUT2D eigenvalue weighted by Crippen LogP contribution is 2.20. The van der Waals surface area contributed by atoms with Gasteiger partial charge in [0.25, 0.3) is 0 Å². The summed E-state index contributed by atoms with van der Waals surface area (Å²) in [5, 5.41) is 8.06. The number of Topliss-reactive ketones (excluding diaryl/α,β-unsaturated/α-hetero) is 1. The first kappa shape index (κ1) is 18.6. The molecule has 0 saturated heterocycles. The molecular weight excluding hydrogens is 240 g/mol. The molecule has 3 heteroatoms. The summed E-state index contributed by atoms with van der Waals surface area (Å²) >= 11 is 0. The molecule has 1 aliphatic carbocycles. The average molecular weight is 272 g/mol. The Kier molecular flexibility index (Phi) is 12.3. The molecule has 1 saturated carbocycles. The normalized spacial score (nSPS) is 16.1. The molecule has 0 aromatic heterocycles. The molecule has 1 fully saturated rings. The van der Waals surface area contributed by atoms with Crippen LogP contribution in [0.5, 0.6) is 0 Å². The van der Waals surface area contributed by atoms with Crippen LogP contribution in [0.15, 0.2) is 0 Å². The topological polar surface area (TPSA) is 46.5 Å². The summed E-state index contributed by atoms with van der Waals surface area (Å²) < 4.78 is 5.76. The Hall–Kier alpha value is -0.410. The molecule has 0 aromatic rings. The number of rotatable bonds is 7. The minimum atomic E-state index is -0.167. The second-order valence-electron chi connectivity index (χ2n) is 5.62. The van der Waals surface area contributed by atoms with E-state index in [2.05, 4.69) is 6.92 Å². The van der Waals surface area contributed by atoms with E-state index in [1.165, 1.54) is 32.1 Å². The van der Waals surface area contributed by atoms with Gasteiger partial charge in [0, 0.05) is 25.6 Å². The fourth-order valence-electron chi connectivity index (χ4n) is 2.15. The summed E-state index contributed by atoms with van der Waals surface area (Å²) in [6.07, 6.45) is 10.1. The second-order valence-corrected chi connectivity index (χ2v) is 5.62. The van der Waals surface area contributed by atoms with Crippen molar-refractivity contribution in [3.8, 4) is 0 Å². The van der Waals surface area contributed by atoms with Gasteiger partial charge in [-0.05, 0) is 39.5 Å². The molecule has 114 valence electrons. The van der Waals surface area contributed by atoms with Crippen LogP contribution in [-0.2, 0) is 9.53 Å². The first-order valence-corrected chi connectivity index (χ1v) is 7.87.